The van der Waals surface area contributed by atoms with Gasteiger partial charge in [0.2, 0.25) is 5.89 Å². The lowest BCUT2D eigenvalue weighted by molar-refractivity contribution is 0.429. The summed E-state index contributed by atoms with van der Waals surface area (Å²) in [6, 6.07) is 0. The molecule has 3 rings (SSSR count). The highest BCUT2D eigenvalue weighted by atomic mass is 32.2. The number of nitrogens with zero attached hydrogens (tertiary/aromatic N) is 5. The number of aryl methyl sites for hydroxylation is 1. The van der Waals surface area contributed by atoms with Crippen molar-refractivity contribution in [2.45, 2.75) is 17.2 Å². The van der Waals surface area contributed by atoms with Crippen LogP contribution >= 0.6 is 11.8 Å². The number of rotatable bonds is 3. The van der Waals surface area contributed by atoms with Crippen molar-refractivity contribution in [1.29, 1.82) is 0 Å². The van der Waals surface area contributed by atoms with Crippen LogP contribution in [0.3, 0.4) is 0 Å². The molecule has 3 aromatic heterocycles. The molecule has 0 unspecified atom stereocenters. The maximum absolute atomic E-state index is 5.33. The minimum Gasteiger partial charge on any atom is -0.416 e. The fraction of sp³-hybridized carbons (Fsp3) is 0.200. The molecule has 0 spiro atoms. The lowest BCUT2D eigenvalue weighted by atomic mass is 10.6. The molecule has 3 aromatic rings. The maximum atomic E-state index is 5.33. The average Bonchev–Trinajstić information content (AvgIpc) is 2.98. The Morgan fingerprint density at radius 3 is 3.00 bits per heavy atom. The summed E-state index contributed by atoms with van der Waals surface area (Å²) in [6.07, 6.45) is 5.45. The van der Waals surface area contributed by atoms with Gasteiger partial charge < -0.3 is 14.1 Å². The Balaban J connectivity index is 2.06. The second kappa shape index (κ2) is 4.30. The van der Waals surface area contributed by atoms with Crippen LogP contribution in [-0.4, -0.2) is 31.6 Å². The highest BCUT2D eigenvalue weighted by molar-refractivity contribution is 7.99. The fourth-order valence-corrected chi connectivity index (χ4v) is 2.30. The van der Waals surface area contributed by atoms with Gasteiger partial charge in [-0.3, -0.25) is 0 Å². The Hall–Kier alpha value is -2.09. The van der Waals surface area contributed by atoms with Crippen LogP contribution in [0.5, 0.6) is 0 Å². The van der Waals surface area contributed by atoms with Crippen molar-refractivity contribution in [2.24, 2.45) is 0 Å². The number of hydrogen-bond acceptors (Lipinski definition) is 7. The molecule has 0 aliphatic heterocycles. The molecule has 1 N–H and O–H groups in total. The minimum atomic E-state index is 0.457. The summed E-state index contributed by atoms with van der Waals surface area (Å²) in [5.41, 5.74) is 0.759. The quantitative estimate of drug-likeness (QED) is 0.768. The van der Waals surface area contributed by atoms with Crippen LogP contribution in [0.2, 0.25) is 0 Å². The van der Waals surface area contributed by atoms with Crippen LogP contribution in [0, 0.1) is 6.92 Å². The molecular formula is C10H10N6OS. The van der Waals surface area contributed by atoms with Crippen LogP contribution in [0.15, 0.2) is 33.3 Å². The predicted molar refractivity (Wildman–Crippen MR) is 65.7 cm³/mol. The highest BCUT2D eigenvalue weighted by Gasteiger charge is 2.12. The van der Waals surface area contributed by atoms with Crippen LogP contribution in [0.1, 0.15) is 5.89 Å². The molecule has 8 heteroatoms. The molecule has 0 saturated heterocycles. The normalized spacial score (nSPS) is 11.0. The summed E-state index contributed by atoms with van der Waals surface area (Å²) in [6.45, 7) is 1.75. The van der Waals surface area contributed by atoms with Crippen molar-refractivity contribution in [3.8, 4) is 0 Å². The maximum Gasteiger partial charge on any atom is 0.283 e. The summed E-state index contributed by atoms with van der Waals surface area (Å²) < 4.78 is 7.22. The third-order valence-electron chi connectivity index (χ3n) is 2.29. The molecular weight excluding hydrogens is 252 g/mol. The summed E-state index contributed by atoms with van der Waals surface area (Å²) in [5, 5.41) is 11.9. The molecule has 0 bridgehead atoms. The second-order valence-electron chi connectivity index (χ2n) is 3.53. The molecule has 0 fully saturated rings. The zero-order chi connectivity index (χ0) is 12.5. The van der Waals surface area contributed by atoms with E-state index < -0.39 is 0 Å². The molecule has 0 aromatic carbocycles. The van der Waals surface area contributed by atoms with E-state index in [1.165, 1.54) is 11.8 Å². The Morgan fingerprint density at radius 1 is 1.39 bits per heavy atom. The van der Waals surface area contributed by atoms with Crippen molar-refractivity contribution in [2.75, 3.05) is 12.4 Å². The largest absolute Gasteiger partial charge is 0.416 e. The van der Waals surface area contributed by atoms with Gasteiger partial charge in [0.15, 0.2) is 10.7 Å². The lowest BCUT2D eigenvalue weighted by Crippen LogP contribution is -1.98. The van der Waals surface area contributed by atoms with E-state index in [2.05, 4.69) is 25.5 Å². The smallest absolute Gasteiger partial charge is 0.283 e. The zero-order valence-electron chi connectivity index (χ0n) is 9.78. The second-order valence-corrected chi connectivity index (χ2v) is 4.47. The first-order valence-corrected chi connectivity index (χ1v) is 6.07. The van der Waals surface area contributed by atoms with E-state index in [1.54, 1.807) is 13.1 Å². The molecule has 3 heterocycles. The first-order valence-electron chi connectivity index (χ1n) is 5.25. The zero-order valence-corrected chi connectivity index (χ0v) is 10.6. The summed E-state index contributed by atoms with van der Waals surface area (Å²) in [7, 11) is 1.82. The first-order chi connectivity index (χ1) is 8.76. The number of fused-ring (bicyclic) bond motifs is 1. The van der Waals surface area contributed by atoms with Crippen molar-refractivity contribution >= 4 is 23.2 Å². The molecule has 0 atom stereocenters. The van der Waals surface area contributed by atoms with E-state index in [9.17, 15) is 0 Å². The third kappa shape index (κ3) is 1.90. The van der Waals surface area contributed by atoms with Crippen molar-refractivity contribution in [1.82, 2.24) is 24.6 Å². The Bertz CT molecular complexity index is 691. The SMILES string of the molecule is CNc1cn2ccnc2c(Sc2nnc(C)o2)n1. The van der Waals surface area contributed by atoms with Gasteiger partial charge in [0.25, 0.3) is 5.22 Å². The van der Waals surface area contributed by atoms with Gasteiger partial charge in [0, 0.05) is 26.4 Å². The van der Waals surface area contributed by atoms with Gasteiger partial charge in [0.1, 0.15) is 5.82 Å². The monoisotopic (exact) mass is 262 g/mol. The molecule has 0 saturated carbocycles. The molecule has 0 amide bonds. The predicted octanol–water partition coefficient (Wildman–Crippen LogP) is 1.61. The van der Waals surface area contributed by atoms with Gasteiger partial charge in [-0.25, -0.2) is 9.97 Å². The molecule has 92 valence electrons. The number of hydrogen-bond donors (Lipinski definition) is 1. The van der Waals surface area contributed by atoms with E-state index in [-0.39, 0.29) is 0 Å². The summed E-state index contributed by atoms with van der Waals surface area (Å²) >= 11 is 1.30. The van der Waals surface area contributed by atoms with Gasteiger partial charge >= 0.3 is 0 Å². The topological polar surface area (TPSA) is 81.1 Å². The van der Waals surface area contributed by atoms with Crippen LogP contribution < -0.4 is 5.32 Å². The number of anilines is 1. The third-order valence-corrected chi connectivity index (χ3v) is 3.10. The van der Waals surface area contributed by atoms with E-state index in [0.29, 0.717) is 11.1 Å². The Kier molecular flexibility index (Phi) is 2.63. The minimum absolute atomic E-state index is 0.457. The number of nitrogens with one attached hydrogen (secondary N) is 1. The van der Waals surface area contributed by atoms with Gasteiger partial charge in [-0.15, -0.1) is 10.2 Å². The van der Waals surface area contributed by atoms with Gasteiger partial charge in [0.05, 0.1) is 6.20 Å². The van der Waals surface area contributed by atoms with Crippen molar-refractivity contribution in [3.63, 3.8) is 0 Å². The van der Waals surface area contributed by atoms with E-state index >= 15 is 0 Å². The summed E-state index contributed by atoms with van der Waals surface area (Å²) in [4.78, 5) is 8.70. The van der Waals surface area contributed by atoms with Gasteiger partial charge in [-0.1, -0.05) is 0 Å². The molecule has 0 aliphatic rings. The fourth-order valence-electron chi connectivity index (χ4n) is 1.49. The van der Waals surface area contributed by atoms with Crippen LogP contribution in [0.25, 0.3) is 5.65 Å². The first kappa shape index (κ1) is 11.0. The molecule has 0 aliphatic carbocycles. The Labute approximate surface area is 107 Å². The van der Waals surface area contributed by atoms with Gasteiger partial charge in [-0.05, 0) is 11.8 Å². The van der Waals surface area contributed by atoms with E-state index in [0.717, 1.165) is 16.5 Å². The number of aromatic nitrogens is 5. The highest BCUT2D eigenvalue weighted by Crippen LogP contribution is 2.28. The lowest BCUT2D eigenvalue weighted by Gasteiger charge is -2.04. The van der Waals surface area contributed by atoms with Gasteiger partial charge in [-0.2, -0.15) is 0 Å². The number of imidazole rings is 1. The molecule has 18 heavy (non-hydrogen) atoms. The van der Waals surface area contributed by atoms with Crippen LogP contribution in [-0.2, 0) is 0 Å². The van der Waals surface area contributed by atoms with Crippen LogP contribution in [0.4, 0.5) is 5.82 Å². The average molecular weight is 262 g/mol. The molecule has 7 nitrogen and oxygen atoms in total. The molecule has 0 radical (unpaired) electrons. The van der Waals surface area contributed by atoms with Crippen molar-refractivity contribution < 1.29 is 4.42 Å². The Morgan fingerprint density at radius 2 is 2.28 bits per heavy atom. The van der Waals surface area contributed by atoms with Crippen molar-refractivity contribution in [3.05, 3.63) is 24.5 Å². The standard InChI is InChI=1S/C10H10N6OS/c1-6-14-15-10(17-6)18-9-8-12-3-4-16(8)5-7(11-2)13-9/h3-5,11H,1-2H3. The van der Waals surface area contributed by atoms with E-state index in [1.807, 2.05) is 23.8 Å². The van der Waals surface area contributed by atoms with E-state index in [4.69, 9.17) is 4.42 Å². The summed E-state index contributed by atoms with van der Waals surface area (Å²) in [5.74, 6) is 1.28.